The standard InChI is InChI=1S/C26H41N7O7/c1-14(2)22(33-25(39)20(13-21(28)36)30-15(3)34)26(40)32-19(12-16-7-9-17(35)10-8-16)24(38)31-18(23(29)37)6-4-5-11-27/h7-10,14,18-20,22,35H,4-6,11-13,27H2,1-3H3,(H2,28,36)(H2,29,37)(H,30,34)(H,31,38)(H,32,40)(H,33,39)/t18-,19-,20-,22-/m0/s1. The van der Waals surface area contributed by atoms with Gasteiger partial charge in [0.25, 0.3) is 0 Å². The van der Waals surface area contributed by atoms with Gasteiger partial charge in [0.05, 0.1) is 6.42 Å². The Morgan fingerprint density at radius 1 is 0.800 bits per heavy atom. The molecule has 40 heavy (non-hydrogen) atoms. The topological polar surface area (TPSA) is 249 Å². The second-order valence-corrected chi connectivity index (χ2v) is 9.83. The molecule has 0 saturated carbocycles. The van der Waals surface area contributed by atoms with Crippen LogP contribution in [-0.2, 0) is 35.2 Å². The van der Waals surface area contributed by atoms with E-state index in [0.29, 0.717) is 24.9 Å². The summed E-state index contributed by atoms with van der Waals surface area (Å²) in [6.45, 7) is 4.88. The largest absolute Gasteiger partial charge is 0.508 e. The molecule has 0 aliphatic carbocycles. The SMILES string of the molecule is CC(=O)N[C@@H](CC(N)=O)C(=O)N[C@H](C(=O)N[C@@H](Cc1ccc(O)cc1)C(=O)N[C@@H](CCCCN)C(N)=O)C(C)C. The number of aromatic hydroxyl groups is 1. The van der Waals surface area contributed by atoms with Crippen molar-refractivity contribution in [3.05, 3.63) is 29.8 Å². The van der Waals surface area contributed by atoms with Gasteiger partial charge in [-0.1, -0.05) is 26.0 Å². The quantitative estimate of drug-likeness (QED) is 0.0986. The minimum atomic E-state index is -1.30. The van der Waals surface area contributed by atoms with Crippen LogP contribution in [0.4, 0.5) is 0 Å². The Kier molecular flexibility index (Phi) is 14.1. The highest BCUT2D eigenvalue weighted by Gasteiger charge is 2.32. The molecule has 0 aliphatic rings. The predicted molar refractivity (Wildman–Crippen MR) is 146 cm³/mol. The van der Waals surface area contributed by atoms with Crippen LogP contribution in [0, 0.1) is 5.92 Å². The van der Waals surface area contributed by atoms with Crippen molar-refractivity contribution in [1.82, 2.24) is 21.3 Å². The van der Waals surface area contributed by atoms with Gasteiger partial charge in [-0.25, -0.2) is 0 Å². The van der Waals surface area contributed by atoms with Gasteiger partial charge in [-0.05, 0) is 49.4 Å². The number of hydrogen-bond donors (Lipinski definition) is 8. The first-order chi connectivity index (χ1) is 18.7. The van der Waals surface area contributed by atoms with Gasteiger partial charge >= 0.3 is 0 Å². The number of nitrogens with one attached hydrogen (secondary N) is 4. The van der Waals surface area contributed by atoms with Crippen LogP contribution in [0.3, 0.4) is 0 Å². The summed E-state index contributed by atoms with van der Waals surface area (Å²) in [4.78, 5) is 74.3. The molecule has 1 aromatic rings. The molecule has 1 aromatic carbocycles. The third kappa shape index (κ3) is 12.1. The van der Waals surface area contributed by atoms with Crippen LogP contribution in [0.1, 0.15) is 52.0 Å². The first-order valence-corrected chi connectivity index (χ1v) is 13.0. The smallest absolute Gasteiger partial charge is 0.243 e. The Morgan fingerprint density at radius 2 is 1.38 bits per heavy atom. The van der Waals surface area contributed by atoms with Crippen molar-refractivity contribution >= 4 is 35.4 Å². The average molecular weight is 564 g/mol. The lowest BCUT2D eigenvalue weighted by Crippen LogP contribution is -2.59. The van der Waals surface area contributed by atoms with Crippen LogP contribution < -0.4 is 38.5 Å². The maximum Gasteiger partial charge on any atom is 0.243 e. The molecule has 0 bridgehead atoms. The van der Waals surface area contributed by atoms with Gasteiger partial charge in [-0.2, -0.15) is 0 Å². The number of carbonyl (C=O) groups excluding carboxylic acids is 6. The highest BCUT2D eigenvalue weighted by Crippen LogP contribution is 2.13. The third-order valence-corrected chi connectivity index (χ3v) is 5.96. The Bertz CT molecular complexity index is 1030. The summed E-state index contributed by atoms with van der Waals surface area (Å²) in [6, 6.07) is 1.32. The fraction of sp³-hybridized carbons (Fsp3) is 0.538. The summed E-state index contributed by atoms with van der Waals surface area (Å²) in [5.41, 5.74) is 16.8. The van der Waals surface area contributed by atoms with Gasteiger partial charge in [0.1, 0.15) is 29.9 Å². The normalized spacial score (nSPS) is 13.8. The molecular formula is C26H41N7O7. The van der Waals surface area contributed by atoms with E-state index in [1.807, 2.05) is 0 Å². The molecule has 0 unspecified atom stereocenters. The van der Waals surface area contributed by atoms with Gasteiger partial charge in [-0.3, -0.25) is 28.8 Å². The number of amides is 6. The van der Waals surface area contributed by atoms with Gasteiger partial charge in [0.15, 0.2) is 0 Å². The van der Waals surface area contributed by atoms with E-state index < -0.39 is 71.9 Å². The molecule has 0 aromatic heterocycles. The molecule has 14 nitrogen and oxygen atoms in total. The first-order valence-electron chi connectivity index (χ1n) is 13.0. The molecule has 0 saturated heterocycles. The number of primary amides is 2. The number of phenols is 1. The molecule has 14 heteroatoms. The second kappa shape index (κ2) is 16.7. The van der Waals surface area contributed by atoms with E-state index in [1.165, 1.54) is 12.1 Å². The molecule has 11 N–H and O–H groups in total. The Labute approximate surface area is 233 Å². The Hall–Kier alpha value is -4.20. The van der Waals surface area contributed by atoms with Gasteiger partial charge < -0.3 is 43.6 Å². The molecule has 1 rings (SSSR count). The summed E-state index contributed by atoms with van der Waals surface area (Å²) >= 11 is 0. The van der Waals surface area contributed by atoms with Crippen LogP contribution in [0.5, 0.6) is 5.75 Å². The lowest BCUT2D eigenvalue weighted by molar-refractivity contribution is -0.135. The van der Waals surface area contributed by atoms with Crippen LogP contribution >= 0.6 is 0 Å². The molecule has 0 fully saturated rings. The van der Waals surface area contributed by atoms with E-state index in [2.05, 4.69) is 21.3 Å². The van der Waals surface area contributed by atoms with Crippen LogP contribution in [0.2, 0.25) is 0 Å². The Balaban J connectivity index is 3.18. The maximum atomic E-state index is 13.3. The first kappa shape index (κ1) is 33.8. The van der Waals surface area contributed by atoms with Crippen LogP contribution in [0.15, 0.2) is 24.3 Å². The zero-order valence-corrected chi connectivity index (χ0v) is 23.1. The van der Waals surface area contributed by atoms with Crippen molar-refractivity contribution in [2.45, 2.75) is 77.0 Å². The number of nitrogens with two attached hydrogens (primary N) is 3. The molecule has 6 amide bonds. The highest BCUT2D eigenvalue weighted by atomic mass is 16.3. The lowest BCUT2D eigenvalue weighted by atomic mass is 9.99. The molecular weight excluding hydrogens is 522 g/mol. The zero-order valence-electron chi connectivity index (χ0n) is 23.1. The van der Waals surface area contributed by atoms with E-state index in [0.717, 1.165) is 6.92 Å². The van der Waals surface area contributed by atoms with Crippen molar-refractivity contribution in [2.75, 3.05) is 6.54 Å². The number of benzene rings is 1. The fourth-order valence-corrected chi connectivity index (χ4v) is 3.83. The van der Waals surface area contributed by atoms with Crippen molar-refractivity contribution in [2.24, 2.45) is 23.1 Å². The highest BCUT2D eigenvalue weighted by molar-refractivity contribution is 5.96. The zero-order chi connectivity index (χ0) is 30.4. The number of hydrogen-bond acceptors (Lipinski definition) is 8. The fourth-order valence-electron chi connectivity index (χ4n) is 3.83. The molecule has 0 radical (unpaired) electrons. The maximum absolute atomic E-state index is 13.3. The summed E-state index contributed by atoms with van der Waals surface area (Å²) in [5, 5.41) is 19.6. The number of phenolic OH excluding ortho intramolecular Hbond substituents is 1. The van der Waals surface area contributed by atoms with Gasteiger partial charge in [-0.15, -0.1) is 0 Å². The van der Waals surface area contributed by atoms with E-state index in [4.69, 9.17) is 17.2 Å². The van der Waals surface area contributed by atoms with Crippen molar-refractivity contribution < 1.29 is 33.9 Å². The second-order valence-electron chi connectivity index (χ2n) is 9.83. The molecule has 0 heterocycles. The lowest BCUT2D eigenvalue weighted by Gasteiger charge is -2.27. The van der Waals surface area contributed by atoms with Crippen molar-refractivity contribution in [3.63, 3.8) is 0 Å². The van der Waals surface area contributed by atoms with Crippen molar-refractivity contribution in [3.8, 4) is 5.75 Å². The van der Waals surface area contributed by atoms with E-state index >= 15 is 0 Å². The van der Waals surface area contributed by atoms with E-state index in [9.17, 15) is 33.9 Å². The summed E-state index contributed by atoms with van der Waals surface area (Å²) < 4.78 is 0. The molecule has 4 atom stereocenters. The molecule has 0 aliphatic heterocycles. The van der Waals surface area contributed by atoms with Crippen LogP contribution in [-0.4, -0.2) is 71.3 Å². The number of carbonyl (C=O) groups is 6. The van der Waals surface area contributed by atoms with Gasteiger partial charge in [0, 0.05) is 13.3 Å². The monoisotopic (exact) mass is 563 g/mol. The number of unbranched alkanes of at least 4 members (excludes halogenated alkanes) is 1. The summed E-state index contributed by atoms with van der Waals surface area (Å²) in [5.74, 6) is -4.83. The number of rotatable bonds is 17. The summed E-state index contributed by atoms with van der Waals surface area (Å²) in [7, 11) is 0. The third-order valence-electron chi connectivity index (χ3n) is 5.96. The molecule has 0 spiro atoms. The average Bonchev–Trinajstić information content (AvgIpc) is 2.86. The predicted octanol–water partition coefficient (Wildman–Crippen LogP) is -1.96. The summed E-state index contributed by atoms with van der Waals surface area (Å²) in [6.07, 6.45) is 0.927. The van der Waals surface area contributed by atoms with Crippen molar-refractivity contribution in [1.29, 1.82) is 0 Å². The minimum absolute atomic E-state index is 0.00903. The van der Waals surface area contributed by atoms with Gasteiger partial charge in [0.2, 0.25) is 35.4 Å². The Morgan fingerprint density at radius 3 is 1.88 bits per heavy atom. The molecule has 222 valence electrons. The van der Waals surface area contributed by atoms with Crippen LogP contribution in [0.25, 0.3) is 0 Å². The minimum Gasteiger partial charge on any atom is -0.508 e. The van der Waals surface area contributed by atoms with E-state index in [-0.39, 0.29) is 18.6 Å². The van der Waals surface area contributed by atoms with E-state index in [1.54, 1.807) is 26.0 Å².